The van der Waals surface area contributed by atoms with Crippen LogP contribution in [-0.2, 0) is 6.42 Å². The van der Waals surface area contributed by atoms with Gasteiger partial charge in [0.15, 0.2) is 0 Å². The van der Waals surface area contributed by atoms with Crippen molar-refractivity contribution in [3.8, 4) is 28.7 Å². The van der Waals surface area contributed by atoms with Crippen LogP contribution in [-0.4, -0.2) is 36.6 Å². The quantitative estimate of drug-likeness (QED) is 0.479. The van der Waals surface area contributed by atoms with Crippen LogP contribution in [0.25, 0.3) is 23.0 Å². The highest BCUT2D eigenvalue weighted by molar-refractivity contribution is 5.63. The van der Waals surface area contributed by atoms with Crippen LogP contribution in [0, 0.1) is 6.92 Å². The summed E-state index contributed by atoms with van der Waals surface area (Å²) in [5.74, 6) is 1.58. The number of rotatable bonds is 3. The van der Waals surface area contributed by atoms with E-state index >= 15 is 0 Å². The minimum Gasteiger partial charge on any atom is -0.497 e. The Hall–Kier alpha value is -3.42. The van der Waals surface area contributed by atoms with Gasteiger partial charge in [0.25, 0.3) is 0 Å². The van der Waals surface area contributed by atoms with Gasteiger partial charge in [0.05, 0.1) is 41.3 Å². The van der Waals surface area contributed by atoms with Gasteiger partial charge in [-0.2, -0.15) is 0 Å². The third kappa shape index (κ3) is 2.37. The summed E-state index contributed by atoms with van der Waals surface area (Å²) < 4.78 is 15.1. The molecule has 1 aliphatic heterocycles. The lowest BCUT2D eigenvalue weighted by Gasteiger charge is -2.11. The van der Waals surface area contributed by atoms with Gasteiger partial charge in [-0.1, -0.05) is 19.1 Å². The summed E-state index contributed by atoms with van der Waals surface area (Å²) in [6, 6.07) is 5.90. The fourth-order valence-electron chi connectivity index (χ4n) is 3.52. The summed E-state index contributed by atoms with van der Waals surface area (Å²) in [5, 5.41) is 8.65. The average molecular weight is 376 g/mol. The Morgan fingerprint density at radius 3 is 2.79 bits per heavy atom. The lowest BCUT2D eigenvalue weighted by atomic mass is 10.1. The van der Waals surface area contributed by atoms with Gasteiger partial charge in [-0.05, 0) is 25.0 Å². The van der Waals surface area contributed by atoms with Crippen molar-refractivity contribution < 1.29 is 9.15 Å². The van der Waals surface area contributed by atoms with Gasteiger partial charge in [-0.25, -0.2) is 14.6 Å². The Morgan fingerprint density at radius 2 is 2.04 bits per heavy atom. The average Bonchev–Trinajstić information content (AvgIpc) is 3.39. The first-order chi connectivity index (χ1) is 13.6. The molecule has 0 saturated carbocycles. The molecular formula is C20H20N6O2. The third-order valence-electron chi connectivity index (χ3n) is 5.15. The molecule has 0 saturated heterocycles. The van der Waals surface area contributed by atoms with Crippen molar-refractivity contribution in [3.63, 3.8) is 0 Å². The van der Waals surface area contributed by atoms with E-state index in [0.29, 0.717) is 18.2 Å². The van der Waals surface area contributed by atoms with E-state index < -0.39 is 0 Å². The van der Waals surface area contributed by atoms with E-state index in [4.69, 9.17) is 9.15 Å². The van der Waals surface area contributed by atoms with Crippen molar-refractivity contribution in [2.45, 2.75) is 33.1 Å². The van der Waals surface area contributed by atoms with Gasteiger partial charge in [-0.3, -0.25) is 4.57 Å². The fourth-order valence-corrected chi connectivity index (χ4v) is 3.52. The van der Waals surface area contributed by atoms with E-state index in [1.165, 1.54) is 0 Å². The molecule has 0 radical (unpaired) electrons. The monoisotopic (exact) mass is 376 g/mol. The van der Waals surface area contributed by atoms with Crippen molar-refractivity contribution >= 4 is 0 Å². The third-order valence-corrected chi connectivity index (χ3v) is 5.15. The highest BCUT2D eigenvalue weighted by Crippen LogP contribution is 2.35. The standard InChI is InChI=1S/C20H20N6O2/c1-11(2)14-9-28-20(22-14)19-18-8-16-12(3)23-24-26(16)17-7-13(27-4)5-6-15(17)25(18)10-21-19/h5-7,9-11H,8H2,1-4H3. The highest BCUT2D eigenvalue weighted by atomic mass is 16.5. The number of hydrogen-bond acceptors (Lipinski definition) is 6. The molecule has 1 aromatic carbocycles. The summed E-state index contributed by atoms with van der Waals surface area (Å²) in [6.45, 7) is 6.14. The minimum atomic E-state index is 0.291. The van der Waals surface area contributed by atoms with Crippen LogP contribution < -0.4 is 4.74 Å². The molecule has 0 bridgehead atoms. The molecule has 0 spiro atoms. The van der Waals surface area contributed by atoms with Crippen LogP contribution in [0.15, 0.2) is 35.2 Å². The van der Waals surface area contributed by atoms with Crippen LogP contribution in [0.3, 0.4) is 0 Å². The predicted octanol–water partition coefficient (Wildman–Crippen LogP) is 3.45. The fraction of sp³-hybridized carbons (Fsp3) is 0.300. The lowest BCUT2D eigenvalue weighted by molar-refractivity contribution is 0.414. The molecule has 0 aliphatic carbocycles. The molecular weight excluding hydrogens is 356 g/mol. The van der Waals surface area contributed by atoms with E-state index in [-0.39, 0.29) is 0 Å². The number of methoxy groups -OCH3 is 1. The topological polar surface area (TPSA) is 83.8 Å². The number of imidazole rings is 1. The molecule has 8 nitrogen and oxygen atoms in total. The van der Waals surface area contributed by atoms with E-state index in [9.17, 15) is 0 Å². The molecule has 4 aromatic rings. The zero-order valence-electron chi connectivity index (χ0n) is 16.2. The maximum Gasteiger partial charge on any atom is 0.247 e. The van der Waals surface area contributed by atoms with Crippen molar-refractivity contribution in [2.24, 2.45) is 0 Å². The molecule has 1 aliphatic rings. The zero-order chi connectivity index (χ0) is 19.4. The second-order valence-corrected chi connectivity index (χ2v) is 7.21. The summed E-state index contributed by atoms with van der Waals surface area (Å²) in [4.78, 5) is 9.28. The molecule has 0 unspecified atom stereocenters. The largest absolute Gasteiger partial charge is 0.497 e. The van der Waals surface area contributed by atoms with Crippen LogP contribution in [0.4, 0.5) is 0 Å². The summed E-state index contributed by atoms with van der Waals surface area (Å²) in [5.41, 5.74) is 6.38. The Labute approximate surface area is 161 Å². The number of fused-ring (bicyclic) bond motifs is 5. The van der Waals surface area contributed by atoms with Crippen LogP contribution in [0.2, 0.25) is 0 Å². The number of ether oxygens (including phenoxy) is 1. The first kappa shape index (κ1) is 16.7. The second kappa shape index (κ2) is 6.05. The Kier molecular flexibility index (Phi) is 3.61. The number of oxazole rings is 1. The van der Waals surface area contributed by atoms with Gasteiger partial charge < -0.3 is 9.15 Å². The number of nitrogens with zero attached hydrogens (tertiary/aromatic N) is 6. The van der Waals surface area contributed by atoms with Gasteiger partial charge in [0, 0.05) is 12.5 Å². The van der Waals surface area contributed by atoms with Crippen LogP contribution in [0.5, 0.6) is 5.75 Å². The number of hydrogen-bond donors (Lipinski definition) is 0. The summed E-state index contributed by atoms with van der Waals surface area (Å²) in [6.07, 6.45) is 4.13. The zero-order valence-corrected chi connectivity index (χ0v) is 16.2. The molecule has 0 atom stereocenters. The lowest BCUT2D eigenvalue weighted by Crippen LogP contribution is -2.03. The van der Waals surface area contributed by atoms with Gasteiger partial charge >= 0.3 is 0 Å². The summed E-state index contributed by atoms with van der Waals surface area (Å²) in [7, 11) is 1.65. The SMILES string of the molecule is COc1ccc2c(c1)-n1nnc(C)c1Cc1c(-c3nc(C(C)C)co3)ncn1-2. The maximum absolute atomic E-state index is 5.76. The number of aryl methyl sites for hydroxylation is 1. The molecule has 28 heavy (non-hydrogen) atoms. The Balaban J connectivity index is 1.75. The molecule has 0 N–H and O–H groups in total. The summed E-state index contributed by atoms with van der Waals surface area (Å²) >= 11 is 0. The molecule has 0 fully saturated rings. The number of aromatic nitrogens is 6. The highest BCUT2D eigenvalue weighted by Gasteiger charge is 2.27. The molecule has 5 rings (SSSR count). The van der Waals surface area contributed by atoms with Crippen LogP contribution in [0.1, 0.15) is 42.5 Å². The second-order valence-electron chi connectivity index (χ2n) is 7.21. The van der Waals surface area contributed by atoms with Gasteiger partial charge in [0.1, 0.15) is 24.0 Å². The predicted molar refractivity (Wildman–Crippen MR) is 102 cm³/mol. The van der Waals surface area contributed by atoms with E-state index in [0.717, 1.165) is 45.6 Å². The normalized spacial score (nSPS) is 12.5. The van der Waals surface area contributed by atoms with Crippen molar-refractivity contribution in [3.05, 3.63) is 53.6 Å². The first-order valence-electron chi connectivity index (χ1n) is 9.18. The van der Waals surface area contributed by atoms with Gasteiger partial charge in [0.2, 0.25) is 5.89 Å². The molecule has 8 heteroatoms. The maximum atomic E-state index is 5.76. The minimum absolute atomic E-state index is 0.291. The van der Waals surface area contributed by atoms with Gasteiger partial charge in [-0.15, -0.1) is 5.10 Å². The van der Waals surface area contributed by atoms with E-state index in [2.05, 4.69) is 38.7 Å². The number of benzene rings is 1. The first-order valence-corrected chi connectivity index (χ1v) is 9.18. The smallest absolute Gasteiger partial charge is 0.247 e. The van der Waals surface area contributed by atoms with Crippen molar-refractivity contribution in [1.29, 1.82) is 0 Å². The molecule has 4 heterocycles. The molecule has 142 valence electrons. The van der Waals surface area contributed by atoms with E-state index in [1.54, 1.807) is 13.4 Å². The van der Waals surface area contributed by atoms with E-state index in [1.807, 2.05) is 36.1 Å². The van der Waals surface area contributed by atoms with Crippen molar-refractivity contribution in [2.75, 3.05) is 7.11 Å². The van der Waals surface area contributed by atoms with Crippen molar-refractivity contribution in [1.82, 2.24) is 29.5 Å². The molecule has 3 aromatic heterocycles. The molecule has 0 amide bonds. The Morgan fingerprint density at radius 1 is 1.18 bits per heavy atom. The Bertz CT molecular complexity index is 1180. The van der Waals surface area contributed by atoms with Crippen LogP contribution >= 0.6 is 0 Å².